The van der Waals surface area contributed by atoms with Crippen LogP contribution in [0.25, 0.3) is 0 Å². The van der Waals surface area contributed by atoms with Gasteiger partial charge in [-0.3, -0.25) is 4.79 Å². The summed E-state index contributed by atoms with van der Waals surface area (Å²) in [6.45, 7) is 6.02. The van der Waals surface area contributed by atoms with Crippen LogP contribution in [0, 0.1) is 22.7 Å². The van der Waals surface area contributed by atoms with E-state index in [2.05, 4.69) is 6.92 Å². The van der Waals surface area contributed by atoms with E-state index in [-0.39, 0.29) is 36.8 Å². The maximum atomic E-state index is 12.7. The van der Waals surface area contributed by atoms with E-state index in [0.717, 1.165) is 19.3 Å². The molecule has 4 rings (SSSR count). The van der Waals surface area contributed by atoms with E-state index in [4.69, 9.17) is 18.9 Å². The minimum Gasteiger partial charge on any atom is -0.462 e. The number of carbonyl (C=O) groups is 1. The highest BCUT2D eigenvalue weighted by Gasteiger charge is 2.71. The number of methoxy groups -OCH3 is 2. The zero-order valence-corrected chi connectivity index (χ0v) is 18.6. The van der Waals surface area contributed by atoms with Crippen molar-refractivity contribution in [3.05, 3.63) is 0 Å². The standard InChI is InChI=1S/C22H36O8/c1-12-11-13-14-19(2,17(24)29-13)7-6-8-20(14,3)22(12,26)10-9-21(25)15(23)16(27-4)30-18(21)28-5/h12-16,18,23,25-26H,6-11H2,1-5H3/t12-,13-,14+,15-,16-,18+,19+,20-,21-,22-/m1/s1. The molecule has 0 spiro atoms. The van der Waals surface area contributed by atoms with Gasteiger partial charge < -0.3 is 34.3 Å². The van der Waals surface area contributed by atoms with Crippen LogP contribution < -0.4 is 0 Å². The van der Waals surface area contributed by atoms with Crippen LogP contribution >= 0.6 is 0 Å². The Balaban J connectivity index is 1.64. The molecule has 172 valence electrons. The third kappa shape index (κ3) is 2.70. The van der Waals surface area contributed by atoms with Gasteiger partial charge in [-0.1, -0.05) is 20.3 Å². The van der Waals surface area contributed by atoms with Crippen LogP contribution in [-0.4, -0.2) is 71.5 Å². The highest BCUT2D eigenvalue weighted by atomic mass is 16.8. The van der Waals surface area contributed by atoms with E-state index < -0.39 is 40.7 Å². The van der Waals surface area contributed by atoms with Crippen molar-refractivity contribution >= 4 is 5.97 Å². The van der Waals surface area contributed by atoms with Gasteiger partial charge in [-0.25, -0.2) is 0 Å². The molecule has 10 atom stereocenters. The molecule has 4 fully saturated rings. The van der Waals surface area contributed by atoms with Crippen LogP contribution in [0.1, 0.15) is 59.3 Å². The zero-order chi connectivity index (χ0) is 22.1. The summed E-state index contributed by atoms with van der Waals surface area (Å²) >= 11 is 0. The predicted molar refractivity (Wildman–Crippen MR) is 105 cm³/mol. The van der Waals surface area contributed by atoms with E-state index in [1.165, 1.54) is 14.2 Å². The lowest BCUT2D eigenvalue weighted by molar-refractivity contribution is -0.238. The van der Waals surface area contributed by atoms with Gasteiger partial charge in [0.25, 0.3) is 0 Å². The average molecular weight is 429 g/mol. The van der Waals surface area contributed by atoms with Crippen LogP contribution in [0.4, 0.5) is 0 Å². The van der Waals surface area contributed by atoms with Gasteiger partial charge in [0, 0.05) is 25.6 Å². The largest absolute Gasteiger partial charge is 0.462 e. The normalized spacial score (nSPS) is 55.4. The molecule has 2 aliphatic heterocycles. The molecule has 0 aromatic rings. The summed E-state index contributed by atoms with van der Waals surface area (Å²) in [5.74, 6) is -0.364. The van der Waals surface area contributed by atoms with Crippen molar-refractivity contribution in [2.45, 2.75) is 95.3 Å². The topological polar surface area (TPSA) is 115 Å². The van der Waals surface area contributed by atoms with Crippen molar-refractivity contribution in [2.75, 3.05) is 14.2 Å². The first-order valence-electron chi connectivity index (χ1n) is 11.0. The van der Waals surface area contributed by atoms with Gasteiger partial charge in [0.1, 0.15) is 17.8 Å². The lowest BCUT2D eigenvalue weighted by atomic mass is 9.44. The monoisotopic (exact) mass is 428 g/mol. The number of aliphatic hydroxyl groups is 3. The molecule has 0 aromatic heterocycles. The summed E-state index contributed by atoms with van der Waals surface area (Å²) in [6, 6.07) is 0. The molecule has 3 N–H and O–H groups in total. The van der Waals surface area contributed by atoms with E-state index >= 15 is 0 Å². The van der Waals surface area contributed by atoms with Crippen LogP contribution in [0.3, 0.4) is 0 Å². The van der Waals surface area contributed by atoms with E-state index in [1.54, 1.807) is 0 Å². The molecule has 2 aliphatic carbocycles. The minimum absolute atomic E-state index is 0.0724. The summed E-state index contributed by atoms with van der Waals surface area (Å²) in [5.41, 5.74) is -3.98. The maximum Gasteiger partial charge on any atom is 0.312 e. The van der Waals surface area contributed by atoms with Crippen molar-refractivity contribution < 1.29 is 39.1 Å². The molecule has 0 amide bonds. The number of ether oxygens (including phenoxy) is 4. The highest BCUT2D eigenvalue weighted by Crippen LogP contribution is 2.67. The van der Waals surface area contributed by atoms with Crippen LogP contribution in [-0.2, 0) is 23.7 Å². The molecule has 8 heteroatoms. The molecule has 2 saturated heterocycles. The summed E-state index contributed by atoms with van der Waals surface area (Å²) in [5, 5.41) is 34.0. The third-order valence-electron chi connectivity index (χ3n) is 9.04. The van der Waals surface area contributed by atoms with Crippen LogP contribution in [0.15, 0.2) is 0 Å². The number of rotatable bonds is 5. The number of esters is 1. The number of aliphatic hydroxyl groups excluding tert-OH is 1. The Hall–Kier alpha value is -0.770. The van der Waals surface area contributed by atoms with Gasteiger partial charge in [0.15, 0.2) is 12.6 Å². The summed E-state index contributed by atoms with van der Waals surface area (Å²) in [6.07, 6.45) is -0.257. The highest BCUT2D eigenvalue weighted by molar-refractivity contribution is 5.80. The fourth-order valence-electron chi connectivity index (χ4n) is 7.32. The Labute approximate surface area is 177 Å². The lowest BCUT2D eigenvalue weighted by Crippen LogP contribution is -2.65. The first-order valence-corrected chi connectivity index (χ1v) is 11.0. The quantitative estimate of drug-likeness (QED) is 0.562. The van der Waals surface area contributed by atoms with Gasteiger partial charge >= 0.3 is 5.97 Å². The van der Waals surface area contributed by atoms with E-state index in [0.29, 0.717) is 6.42 Å². The summed E-state index contributed by atoms with van der Waals surface area (Å²) in [7, 11) is 2.79. The first-order chi connectivity index (χ1) is 14.0. The molecule has 2 heterocycles. The Morgan fingerprint density at radius 1 is 1.13 bits per heavy atom. The van der Waals surface area contributed by atoms with Crippen molar-refractivity contribution in [3.8, 4) is 0 Å². The average Bonchev–Trinajstić information content (AvgIpc) is 3.10. The molecular weight excluding hydrogens is 392 g/mol. The van der Waals surface area contributed by atoms with Crippen molar-refractivity contribution in [3.63, 3.8) is 0 Å². The Kier molecular flexibility index (Phi) is 5.32. The Bertz CT molecular complexity index is 697. The molecule has 2 saturated carbocycles. The minimum atomic E-state index is -1.71. The molecule has 0 unspecified atom stereocenters. The fraction of sp³-hybridized carbons (Fsp3) is 0.955. The number of hydrogen-bond donors (Lipinski definition) is 3. The second-order valence-electron chi connectivity index (χ2n) is 10.4. The molecule has 8 nitrogen and oxygen atoms in total. The fourth-order valence-corrected chi connectivity index (χ4v) is 7.32. The Morgan fingerprint density at radius 3 is 2.47 bits per heavy atom. The van der Waals surface area contributed by atoms with Crippen molar-refractivity contribution in [1.29, 1.82) is 0 Å². The van der Waals surface area contributed by atoms with Gasteiger partial charge in [-0.2, -0.15) is 0 Å². The predicted octanol–water partition coefficient (Wildman–Crippen LogP) is 1.34. The molecule has 4 aliphatic rings. The SMILES string of the molecule is CO[C@@H]1O[C@H](OC)[C@@](O)(CC[C@@]2(O)[C@H](C)C[C@H]3OC(=O)[C@@]4(C)CCC[C@]2(C)[C@@H]34)[C@@H]1O. The molecule has 0 bridgehead atoms. The maximum absolute atomic E-state index is 12.7. The van der Waals surface area contributed by atoms with E-state index in [9.17, 15) is 20.1 Å². The molecular formula is C22H36O8. The van der Waals surface area contributed by atoms with Crippen molar-refractivity contribution in [2.24, 2.45) is 22.7 Å². The molecule has 0 aromatic carbocycles. The third-order valence-corrected chi connectivity index (χ3v) is 9.04. The molecule has 0 radical (unpaired) electrons. The van der Waals surface area contributed by atoms with Crippen LogP contribution in [0.2, 0.25) is 0 Å². The summed E-state index contributed by atoms with van der Waals surface area (Å²) in [4.78, 5) is 12.7. The second kappa shape index (κ2) is 7.12. The van der Waals surface area contributed by atoms with Gasteiger partial charge in [0.2, 0.25) is 0 Å². The van der Waals surface area contributed by atoms with Gasteiger partial charge in [0.05, 0.1) is 11.0 Å². The van der Waals surface area contributed by atoms with Gasteiger partial charge in [-0.15, -0.1) is 0 Å². The van der Waals surface area contributed by atoms with Gasteiger partial charge in [-0.05, 0) is 44.9 Å². The Morgan fingerprint density at radius 2 is 1.83 bits per heavy atom. The number of hydrogen-bond acceptors (Lipinski definition) is 8. The number of carbonyl (C=O) groups excluding carboxylic acids is 1. The zero-order valence-electron chi connectivity index (χ0n) is 18.6. The lowest BCUT2D eigenvalue weighted by Gasteiger charge is -2.61. The van der Waals surface area contributed by atoms with Crippen molar-refractivity contribution in [1.82, 2.24) is 0 Å². The van der Waals surface area contributed by atoms with E-state index in [1.807, 2.05) is 13.8 Å². The second-order valence-corrected chi connectivity index (χ2v) is 10.4. The summed E-state index contributed by atoms with van der Waals surface area (Å²) < 4.78 is 21.7. The smallest absolute Gasteiger partial charge is 0.312 e. The molecule has 30 heavy (non-hydrogen) atoms. The van der Waals surface area contributed by atoms with Crippen LogP contribution in [0.5, 0.6) is 0 Å². The first kappa shape index (κ1) is 22.4.